The Kier molecular flexibility index (Phi) is 6.19. The van der Waals surface area contributed by atoms with Gasteiger partial charge in [-0.1, -0.05) is 6.07 Å². The van der Waals surface area contributed by atoms with E-state index in [1.165, 1.54) is 13.2 Å². The average Bonchev–Trinajstić information content (AvgIpc) is 2.45. The van der Waals surface area contributed by atoms with Crippen molar-refractivity contribution in [1.29, 1.82) is 0 Å². The summed E-state index contributed by atoms with van der Waals surface area (Å²) in [7, 11) is 1.28. The van der Waals surface area contributed by atoms with E-state index in [0.29, 0.717) is 11.3 Å². The fourth-order valence-corrected chi connectivity index (χ4v) is 1.59. The Hall–Kier alpha value is -2.57. The zero-order valence-electron chi connectivity index (χ0n) is 11.9. The number of hydrogen-bond acceptors (Lipinski definition) is 5. The van der Waals surface area contributed by atoms with Crippen molar-refractivity contribution in [3.8, 4) is 5.75 Å². The number of ether oxygens (including phenoxy) is 2. The maximum Gasteiger partial charge on any atom is 0.307 e. The number of benzene rings is 1. The van der Waals surface area contributed by atoms with Crippen LogP contribution in [0.15, 0.2) is 24.3 Å². The number of nitrogens with two attached hydrogens (primary N) is 1. The van der Waals surface area contributed by atoms with Gasteiger partial charge in [-0.3, -0.25) is 14.4 Å². The summed E-state index contributed by atoms with van der Waals surface area (Å²) in [6.45, 7) is 1.45. The first-order chi connectivity index (χ1) is 9.92. The van der Waals surface area contributed by atoms with Crippen molar-refractivity contribution in [1.82, 2.24) is 5.32 Å². The molecule has 0 bridgehead atoms. The van der Waals surface area contributed by atoms with Gasteiger partial charge in [0.2, 0.25) is 5.91 Å². The average molecular weight is 294 g/mol. The molecule has 114 valence electrons. The number of nitrogens with one attached hydrogen (secondary N) is 1. The molecule has 0 fully saturated rings. The van der Waals surface area contributed by atoms with Gasteiger partial charge in [0.25, 0.3) is 5.91 Å². The molecule has 0 aliphatic rings. The van der Waals surface area contributed by atoms with Crippen LogP contribution in [0.2, 0.25) is 0 Å². The third-order valence-electron chi connectivity index (χ3n) is 2.60. The molecule has 0 heterocycles. The van der Waals surface area contributed by atoms with Gasteiger partial charge in [0, 0.05) is 11.6 Å². The van der Waals surface area contributed by atoms with Gasteiger partial charge in [-0.25, -0.2) is 0 Å². The van der Waals surface area contributed by atoms with E-state index in [4.69, 9.17) is 10.5 Å². The Balaban J connectivity index is 2.44. The maximum atomic E-state index is 11.6. The molecule has 0 aliphatic carbocycles. The summed E-state index contributed by atoms with van der Waals surface area (Å²) >= 11 is 0. The summed E-state index contributed by atoms with van der Waals surface area (Å²) in [4.78, 5) is 33.7. The van der Waals surface area contributed by atoms with Gasteiger partial charge in [-0.05, 0) is 25.1 Å². The summed E-state index contributed by atoms with van der Waals surface area (Å²) in [5.41, 5.74) is 5.44. The smallest absolute Gasteiger partial charge is 0.307 e. The third kappa shape index (κ3) is 5.94. The van der Waals surface area contributed by atoms with Crippen molar-refractivity contribution < 1.29 is 23.9 Å². The van der Waals surface area contributed by atoms with Gasteiger partial charge >= 0.3 is 5.97 Å². The standard InChI is InChI=1S/C14H18N2O5/c1-9(6-13(18)20-2)16-12(17)8-21-11-5-3-4-10(7-11)14(15)19/h3-5,7,9H,6,8H2,1-2H3,(H2,15,19)(H,16,17)/t9-/m0/s1. The van der Waals surface area contributed by atoms with E-state index in [1.807, 2.05) is 0 Å². The SMILES string of the molecule is COC(=O)C[C@H](C)NC(=O)COc1cccc(C(N)=O)c1. The summed E-state index contributed by atoms with van der Waals surface area (Å²) in [5, 5.41) is 2.60. The monoisotopic (exact) mass is 294 g/mol. The topological polar surface area (TPSA) is 108 Å². The quantitative estimate of drug-likeness (QED) is 0.700. The highest BCUT2D eigenvalue weighted by atomic mass is 16.5. The van der Waals surface area contributed by atoms with E-state index in [2.05, 4.69) is 10.1 Å². The van der Waals surface area contributed by atoms with Gasteiger partial charge in [-0.2, -0.15) is 0 Å². The molecule has 1 atom stereocenters. The van der Waals surface area contributed by atoms with Gasteiger partial charge in [0.15, 0.2) is 6.61 Å². The Morgan fingerprint density at radius 2 is 2.05 bits per heavy atom. The van der Waals surface area contributed by atoms with Crippen molar-refractivity contribution in [2.75, 3.05) is 13.7 Å². The summed E-state index contributed by atoms with van der Waals surface area (Å²) < 4.78 is 9.76. The number of carbonyl (C=O) groups excluding carboxylic acids is 3. The molecule has 0 saturated carbocycles. The molecule has 0 aliphatic heterocycles. The van der Waals surface area contributed by atoms with E-state index in [-0.39, 0.29) is 25.0 Å². The Morgan fingerprint density at radius 3 is 2.67 bits per heavy atom. The molecule has 21 heavy (non-hydrogen) atoms. The van der Waals surface area contributed by atoms with E-state index >= 15 is 0 Å². The molecular weight excluding hydrogens is 276 g/mol. The van der Waals surface area contributed by atoms with Crippen LogP contribution in [0.25, 0.3) is 0 Å². The highest BCUT2D eigenvalue weighted by molar-refractivity contribution is 5.93. The summed E-state index contributed by atoms with van der Waals surface area (Å²) in [6, 6.07) is 5.86. The second-order valence-electron chi connectivity index (χ2n) is 4.43. The molecule has 0 aromatic heterocycles. The van der Waals surface area contributed by atoms with Crippen LogP contribution in [0.4, 0.5) is 0 Å². The number of amides is 2. The van der Waals surface area contributed by atoms with Crippen LogP contribution in [0.3, 0.4) is 0 Å². The molecule has 7 nitrogen and oxygen atoms in total. The Bertz CT molecular complexity index is 530. The highest BCUT2D eigenvalue weighted by Gasteiger charge is 2.12. The molecular formula is C14H18N2O5. The first-order valence-corrected chi connectivity index (χ1v) is 6.31. The summed E-state index contributed by atoms with van der Waals surface area (Å²) in [5.74, 6) is -0.993. The number of carbonyl (C=O) groups is 3. The van der Waals surface area contributed by atoms with Crippen LogP contribution in [0.5, 0.6) is 5.75 Å². The third-order valence-corrected chi connectivity index (χ3v) is 2.60. The lowest BCUT2D eigenvalue weighted by Crippen LogP contribution is -2.37. The van der Waals surface area contributed by atoms with Crippen LogP contribution >= 0.6 is 0 Å². The number of primary amides is 1. The van der Waals surface area contributed by atoms with Gasteiger partial charge in [0.1, 0.15) is 5.75 Å². The first kappa shape index (κ1) is 16.5. The molecule has 1 rings (SSSR count). The van der Waals surface area contributed by atoms with Crippen LogP contribution in [-0.4, -0.2) is 37.5 Å². The predicted molar refractivity (Wildman–Crippen MR) is 74.7 cm³/mol. The summed E-state index contributed by atoms with van der Waals surface area (Å²) in [6.07, 6.45) is 0.0827. The lowest BCUT2D eigenvalue weighted by molar-refractivity contribution is -0.141. The maximum absolute atomic E-state index is 11.6. The minimum atomic E-state index is -0.573. The lowest BCUT2D eigenvalue weighted by atomic mass is 10.2. The largest absolute Gasteiger partial charge is 0.484 e. The fourth-order valence-electron chi connectivity index (χ4n) is 1.59. The van der Waals surface area contributed by atoms with Crippen molar-refractivity contribution >= 4 is 17.8 Å². The van der Waals surface area contributed by atoms with Crippen molar-refractivity contribution in [2.24, 2.45) is 5.73 Å². The molecule has 7 heteroatoms. The molecule has 1 aromatic carbocycles. The van der Waals surface area contributed by atoms with E-state index in [0.717, 1.165) is 0 Å². The number of rotatable bonds is 7. The van der Waals surface area contributed by atoms with E-state index < -0.39 is 11.9 Å². The van der Waals surface area contributed by atoms with E-state index in [1.54, 1.807) is 25.1 Å². The normalized spacial score (nSPS) is 11.3. The molecule has 2 amide bonds. The molecule has 1 aromatic rings. The van der Waals surface area contributed by atoms with Crippen molar-refractivity contribution in [3.63, 3.8) is 0 Å². The van der Waals surface area contributed by atoms with Crippen LogP contribution in [0, 0.1) is 0 Å². The number of hydrogen-bond donors (Lipinski definition) is 2. The minimum Gasteiger partial charge on any atom is -0.484 e. The second-order valence-corrected chi connectivity index (χ2v) is 4.43. The molecule has 0 radical (unpaired) electrons. The van der Waals surface area contributed by atoms with Crippen LogP contribution in [-0.2, 0) is 14.3 Å². The lowest BCUT2D eigenvalue weighted by Gasteiger charge is -2.13. The molecule has 3 N–H and O–H groups in total. The second kappa shape index (κ2) is 7.88. The number of esters is 1. The Labute approximate surface area is 122 Å². The zero-order valence-corrected chi connectivity index (χ0v) is 11.9. The predicted octanol–water partition coefficient (Wildman–Crippen LogP) is 0.232. The van der Waals surface area contributed by atoms with Gasteiger partial charge in [0.05, 0.1) is 13.5 Å². The first-order valence-electron chi connectivity index (χ1n) is 6.31. The Morgan fingerprint density at radius 1 is 1.33 bits per heavy atom. The van der Waals surface area contributed by atoms with Crippen molar-refractivity contribution in [2.45, 2.75) is 19.4 Å². The van der Waals surface area contributed by atoms with Crippen LogP contribution < -0.4 is 15.8 Å². The zero-order chi connectivity index (χ0) is 15.8. The van der Waals surface area contributed by atoms with Gasteiger partial charge in [-0.15, -0.1) is 0 Å². The molecule has 0 spiro atoms. The number of methoxy groups -OCH3 is 1. The van der Waals surface area contributed by atoms with Gasteiger partial charge < -0.3 is 20.5 Å². The highest BCUT2D eigenvalue weighted by Crippen LogP contribution is 2.12. The molecule has 0 unspecified atom stereocenters. The minimum absolute atomic E-state index is 0.0827. The van der Waals surface area contributed by atoms with Crippen LogP contribution in [0.1, 0.15) is 23.7 Å². The fraction of sp³-hybridized carbons (Fsp3) is 0.357. The van der Waals surface area contributed by atoms with Crippen molar-refractivity contribution in [3.05, 3.63) is 29.8 Å². The van der Waals surface area contributed by atoms with E-state index in [9.17, 15) is 14.4 Å². The molecule has 0 saturated heterocycles.